The predicted octanol–water partition coefficient (Wildman–Crippen LogP) is 0.531. The Balaban J connectivity index is 1.90. The monoisotopic (exact) mass is 223 g/mol. The van der Waals surface area contributed by atoms with Crippen molar-refractivity contribution in [1.82, 2.24) is 14.9 Å². The van der Waals surface area contributed by atoms with E-state index in [0.29, 0.717) is 11.7 Å². The van der Waals surface area contributed by atoms with Crippen molar-refractivity contribution < 1.29 is 9.90 Å². The molecule has 2 heterocycles. The van der Waals surface area contributed by atoms with Crippen molar-refractivity contribution in [3.05, 3.63) is 17.7 Å². The van der Waals surface area contributed by atoms with Gasteiger partial charge in [-0.15, -0.1) is 0 Å². The zero-order chi connectivity index (χ0) is 11.5. The molecule has 2 N–H and O–H groups in total. The van der Waals surface area contributed by atoms with Crippen molar-refractivity contribution in [3.8, 4) is 0 Å². The van der Waals surface area contributed by atoms with Gasteiger partial charge >= 0.3 is 5.97 Å². The number of H-pyrrole nitrogens is 1. The highest BCUT2D eigenvalue weighted by Gasteiger charge is 2.20. The van der Waals surface area contributed by atoms with E-state index < -0.39 is 5.97 Å². The minimum absolute atomic E-state index is 0.0232. The van der Waals surface area contributed by atoms with Crippen molar-refractivity contribution in [1.29, 1.82) is 0 Å². The van der Waals surface area contributed by atoms with Gasteiger partial charge in [-0.3, -0.25) is 4.79 Å². The highest BCUT2D eigenvalue weighted by molar-refractivity contribution is 5.68. The number of imidazole rings is 1. The standard InChI is InChI=1S/C11H17N3O2/c1-14-3-2-8(7-14)4-9-6-12-10(13-9)5-11(15)16/h6,8H,2-5,7H2,1H3,(H,12,13)(H,15,16). The molecular weight excluding hydrogens is 206 g/mol. The molecule has 0 saturated carbocycles. The third-order valence-electron chi connectivity index (χ3n) is 3.00. The topological polar surface area (TPSA) is 69.2 Å². The van der Waals surface area contributed by atoms with Crippen molar-refractivity contribution >= 4 is 5.97 Å². The molecule has 1 atom stereocenters. The van der Waals surface area contributed by atoms with Crippen molar-refractivity contribution in [3.63, 3.8) is 0 Å². The first-order valence-corrected chi connectivity index (χ1v) is 5.56. The van der Waals surface area contributed by atoms with Crippen molar-refractivity contribution in [2.75, 3.05) is 20.1 Å². The van der Waals surface area contributed by atoms with E-state index in [9.17, 15) is 4.79 Å². The second kappa shape index (κ2) is 4.65. The van der Waals surface area contributed by atoms with Crippen molar-refractivity contribution in [2.45, 2.75) is 19.3 Å². The number of aromatic nitrogens is 2. The highest BCUT2D eigenvalue weighted by Crippen LogP contribution is 2.18. The van der Waals surface area contributed by atoms with E-state index in [0.717, 1.165) is 25.2 Å². The molecule has 0 aromatic carbocycles. The third kappa shape index (κ3) is 2.82. The molecule has 1 aliphatic heterocycles. The molecule has 0 spiro atoms. The van der Waals surface area contributed by atoms with Gasteiger partial charge in [0, 0.05) is 18.4 Å². The third-order valence-corrected chi connectivity index (χ3v) is 3.00. The van der Waals surface area contributed by atoms with Gasteiger partial charge in [0.2, 0.25) is 0 Å². The average molecular weight is 223 g/mol. The number of hydrogen-bond acceptors (Lipinski definition) is 3. The predicted molar refractivity (Wildman–Crippen MR) is 59.2 cm³/mol. The lowest BCUT2D eigenvalue weighted by molar-refractivity contribution is -0.136. The van der Waals surface area contributed by atoms with Crippen LogP contribution >= 0.6 is 0 Å². The summed E-state index contributed by atoms with van der Waals surface area (Å²) in [5.74, 6) is 0.374. The molecule has 5 nitrogen and oxygen atoms in total. The Labute approximate surface area is 94.5 Å². The zero-order valence-corrected chi connectivity index (χ0v) is 9.44. The Morgan fingerprint density at radius 3 is 3.19 bits per heavy atom. The van der Waals surface area contributed by atoms with Crippen LogP contribution in [-0.4, -0.2) is 46.1 Å². The largest absolute Gasteiger partial charge is 0.481 e. The minimum Gasteiger partial charge on any atom is -0.481 e. The molecule has 1 saturated heterocycles. The number of rotatable bonds is 4. The molecule has 1 fully saturated rings. The van der Waals surface area contributed by atoms with E-state index in [1.165, 1.54) is 6.42 Å². The Bertz CT molecular complexity index is 375. The Hall–Kier alpha value is -1.36. The first kappa shape index (κ1) is 11.1. The number of carbonyl (C=O) groups is 1. The number of aromatic amines is 1. The van der Waals surface area contributed by atoms with Gasteiger partial charge in [0.15, 0.2) is 0 Å². The summed E-state index contributed by atoms with van der Waals surface area (Å²) in [5, 5.41) is 8.63. The van der Waals surface area contributed by atoms with E-state index in [4.69, 9.17) is 5.11 Å². The molecule has 1 aromatic heterocycles. The fourth-order valence-electron chi connectivity index (χ4n) is 2.25. The zero-order valence-electron chi connectivity index (χ0n) is 9.44. The summed E-state index contributed by atoms with van der Waals surface area (Å²) in [6, 6.07) is 0. The van der Waals surface area contributed by atoms with Gasteiger partial charge in [0.25, 0.3) is 0 Å². The summed E-state index contributed by atoms with van der Waals surface area (Å²) < 4.78 is 0. The van der Waals surface area contributed by atoms with Gasteiger partial charge in [0.1, 0.15) is 12.2 Å². The number of nitrogens with zero attached hydrogens (tertiary/aromatic N) is 2. The average Bonchev–Trinajstić information content (AvgIpc) is 2.76. The molecule has 0 radical (unpaired) electrons. The number of carboxylic acid groups (broad SMARTS) is 1. The maximum absolute atomic E-state index is 10.5. The Morgan fingerprint density at radius 1 is 1.75 bits per heavy atom. The number of aliphatic carboxylic acids is 1. The van der Waals surface area contributed by atoms with Gasteiger partial charge in [-0.2, -0.15) is 0 Å². The normalized spacial score (nSPS) is 21.4. The van der Waals surface area contributed by atoms with Crippen LogP contribution < -0.4 is 0 Å². The van der Waals surface area contributed by atoms with Crippen molar-refractivity contribution in [2.24, 2.45) is 5.92 Å². The fourth-order valence-corrected chi connectivity index (χ4v) is 2.25. The Kier molecular flexibility index (Phi) is 3.24. The van der Waals surface area contributed by atoms with E-state index in [-0.39, 0.29) is 6.42 Å². The van der Waals surface area contributed by atoms with Gasteiger partial charge in [0.05, 0.1) is 0 Å². The van der Waals surface area contributed by atoms with E-state index in [1.807, 2.05) is 0 Å². The summed E-state index contributed by atoms with van der Waals surface area (Å²) in [4.78, 5) is 20.0. The molecule has 1 aliphatic rings. The molecule has 0 bridgehead atoms. The second-order valence-corrected chi connectivity index (χ2v) is 4.55. The van der Waals surface area contributed by atoms with Crippen LogP contribution in [0.25, 0.3) is 0 Å². The maximum Gasteiger partial charge on any atom is 0.311 e. The smallest absolute Gasteiger partial charge is 0.311 e. The SMILES string of the molecule is CN1CCC(Cc2cnc(CC(=O)O)[nH]2)C1. The highest BCUT2D eigenvalue weighted by atomic mass is 16.4. The van der Waals surface area contributed by atoms with Gasteiger partial charge in [-0.1, -0.05) is 0 Å². The summed E-state index contributed by atoms with van der Waals surface area (Å²) in [7, 11) is 2.13. The van der Waals surface area contributed by atoms with Gasteiger partial charge in [-0.05, 0) is 32.4 Å². The van der Waals surface area contributed by atoms with Crippen LogP contribution in [0, 0.1) is 5.92 Å². The van der Waals surface area contributed by atoms with Crippen LogP contribution in [0.15, 0.2) is 6.20 Å². The Morgan fingerprint density at radius 2 is 2.56 bits per heavy atom. The number of hydrogen-bond donors (Lipinski definition) is 2. The fraction of sp³-hybridized carbons (Fsp3) is 0.636. The first-order chi connectivity index (χ1) is 7.63. The molecular formula is C11H17N3O2. The van der Waals surface area contributed by atoms with Crippen LogP contribution in [0.1, 0.15) is 17.9 Å². The second-order valence-electron chi connectivity index (χ2n) is 4.55. The maximum atomic E-state index is 10.5. The first-order valence-electron chi connectivity index (χ1n) is 5.56. The van der Waals surface area contributed by atoms with E-state index in [2.05, 4.69) is 21.9 Å². The van der Waals surface area contributed by atoms with Crippen LogP contribution in [0.5, 0.6) is 0 Å². The summed E-state index contributed by atoms with van der Waals surface area (Å²) in [6.45, 7) is 2.27. The number of likely N-dealkylation sites (tertiary alicyclic amines) is 1. The van der Waals surface area contributed by atoms with Crippen LogP contribution in [0.2, 0.25) is 0 Å². The number of carboxylic acids is 1. The lowest BCUT2D eigenvalue weighted by atomic mass is 10.0. The minimum atomic E-state index is -0.846. The summed E-state index contributed by atoms with van der Waals surface area (Å²) >= 11 is 0. The molecule has 88 valence electrons. The van der Waals surface area contributed by atoms with Crippen LogP contribution in [0.4, 0.5) is 0 Å². The van der Waals surface area contributed by atoms with Gasteiger partial charge < -0.3 is 15.0 Å². The lowest BCUT2D eigenvalue weighted by Gasteiger charge is -2.08. The molecule has 0 amide bonds. The summed E-state index contributed by atoms with van der Waals surface area (Å²) in [6.07, 6.45) is 3.92. The molecule has 1 aromatic rings. The summed E-state index contributed by atoms with van der Waals surface area (Å²) in [5.41, 5.74) is 1.05. The molecule has 2 rings (SSSR count). The molecule has 5 heteroatoms. The lowest BCUT2D eigenvalue weighted by Crippen LogP contribution is -2.15. The molecule has 1 unspecified atom stereocenters. The molecule has 0 aliphatic carbocycles. The van der Waals surface area contributed by atoms with E-state index in [1.54, 1.807) is 6.20 Å². The number of nitrogens with one attached hydrogen (secondary N) is 1. The van der Waals surface area contributed by atoms with Crippen LogP contribution in [-0.2, 0) is 17.6 Å². The van der Waals surface area contributed by atoms with Crippen LogP contribution in [0.3, 0.4) is 0 Å². The van der Waals surface area contributed by atoms with Gasteiger partial charge in [-0.25, -0.2) is 4.98 Å². The molecule has 16 heavy (non-hydrogen) atoms. The quantitative estimate of drug-likeness (QED) is 0.781. The van der Waals surface area contributed by atoms with E-state index >= 15 is 0 Å².